The zero-order chi connectivity index (χ0) is 16.4. The van der Waals surface area contributed by atoms with Gasteiger partial charge in [-0.1, -0.05) is 52.7 Å². The third-order valence-electron chi connectivity index (χ3n) is 3.39. The minimum absolute atomic E-state index is 0.0800. The van der Waals surface area contributed by atoms with Crippen LogP contribution in [0.1, 0.15) is 5.56 Å². The number of nitrogens with zero attached hydrogens (tertiary/aromatic N) is 2. The molecule has 0 radical (unpaired) electrons. The van der Waals surface area contributed by atoms with E-state index in [9.17, 15) is 4.79 Å². The molecule has 1 amide bonds. The number of thiazole rings is 1. The monoisotopic (exact) mass is 365 g/mol. The fraction of sp³-hybridized carbons (Fsp3) is 0.125. The molecule has 3 aromatic rings. The Balaban J connectivity index is 1.81. The van der Waals surface area contributed by atoms with Crippen molar-refractivity contribution in [1.82, 2.24) is 9.99 Å². The number of fused-ring (bicyclic) bond motifs is 1. The lowest BCUT2D eigenvalue weighted by Crippen LogP contribution is -2.24. The molecule has 3 rings (SSSR count). The van der Waals surface area contributed by atoms with Gasteiger partial charge in [0.1, 0.15) is 0 Å². The van der Waals surface area contributed by atoms with Crippen molar-refractivity contribution in [2.45, 2.75) is 6.42 Å². The zero-order valence-electron chi connectivity index (χ0n) is 12.2. The van der Waals surface area contributed by atoms with Gasteiger partial charge in [-0.15, -0.1) is 5.10 Å². The van der Waals surface area contributed by atoms with Gasteiger partial charge < -0.3 is 4.57 Å². The van der Waals surface area contributed by atoms with Crippen LogP contribution in [0.15, 0.2) is 47.6 Å². The summed E-state index contributed by atoms with van der Waals surface area (Å²) in [6.45, 7) is 0. The fourth-order valence-electron chi connectivity index (χ4n) is 2.20. The molecule has 4 nitrogen and oxygen atoms in total. The Labute approximate surface area is 147 Å². The number of halogens is 2. The standard InChI is InChI=1S/C16H13Cl2N3OS/c1-21-13-7-2-3-8-14(13)23-16(21)20-19-15(22)9-10-11(17)5-4-6-12(10)18/h2-8H,9H2,1H3,(H,19,22). The Kier molecular flexibility index (Phi) is 4.71. The molecule has 0 saturated carbocycles. The van der Waals surface area contributed by atoms with E-state index < -0.39 is 0 Å². The summed E-state index contributed by atoms with van der Waals surface area (Å²) in [6, 6.07) is 13.1. The van der Waals surface area contributed by atoms with Gasteiger partial charge in [-0.05, 0) is 29.8 Å². The molecule has 0 aliphatic rings. The summed E-state index contributed by atoms with van der Waals surface area (Å²) < 4.78 is 3.04. The van der Waals surface area contributed by atoms with Crippen molar-refractivity contribution in [2.75, 3.05) is 0 Å². The van der Waals surface area contributed by atoms with Gasteiger partial charge in [-0.3, -0.25) is 4.79 Å². The molecule has 0 spiro atoms. The Morgan fingerprint density at radius 2 is 1.87 bits per heavy atom. The smallest absolute Gasteiger partial charge is 0.244 e. The van der Waals surface area contributed by atoms with Crippen molar-refractivity contribution in [3.63, 3.8) is 0 Å². The van der Waals surface area contributed by atoms with Crippen LogP contribution in [0, 0.1) is 0 Å². The highest BCUT2D eigenvalue weighted by Crippen LogP contribution is 2.24. The molecule has 0 fully saturated rings. The Bertz CT molecular complexity index is 926. The number of nitrogens with one attached hydrogen (secondary N) is 1. The number of rotatable bonds is 3. The van der Waals surface area contributed by atoms with Crippen LogP contribution in [0.2, 0.25) is 10.0 Å². The number of amides is 1. The molecule has 23 heavy (non-hydrogen) atoms. The summed E-state index contributed by atoms with van der Waals surface area (Å²) in [4.78, 5) is 12.8. The molecule has 1 aromatic heterocycles. The SMILES string of the molecule is Cn1c(=NNC(=O)Cc2c(Cl)cccc2Cl)sc2ccccc21. The van der Waals surface area contributed by atoms with Crippen molar-refractivity contribution in [3.05, 3.63) is 62.9 Å². The quantitative estimate of drug-likeness (QED) is 0.706. The largest absolute Gasteiger partial charge is 0.318 e. The normalized spacial score (nSPS) is 11.9. The molecule has 0 bridgehead atoms. The van der Waals surface area contributed by atoms with E-state index in [0.29, 0.717) is 20.4 Å². The maximum atomic E-state index is 12.1. The van der Waals surface area contributed by atoms with Crippen LogP contribution in [0.4, 0.5) is 0 Å². The average Bonchev–Trinajstić information content (AvgIpc) is 2.86. The van der Waals surface area contributed by atoms with Crippen LogP contribution in [-0.4, -0.2) is 10.5 Å². The molecular formula is C16H13Cl2N3OS. The molecule has 118 valence electrons. The van der Waals surface area contributed by atoms with Gasteiger partial charge in [0.05, 0.1) is 16.6 Å². The predicted octanol–water partition coefficient (Wildman–Crippen LogP) is 3.72. The Morgan fingerprint density at radius 3 is 2.57 bits per heavy atom. The lowest BCUT2D eigenvalue weighted by molar-refractivity contribution is -0.120. The Morgan fingerprint density at radius 1 is 1.17 bits per heavy atom. The second-order valence-electron chi connectivity index (χ2n) is 4.94. The maximum Gasteiger partial charge on any atom is 0.244 e. The minimum Gasteiger partial charge on any atom is -0.318 e. The molecule has 0 saturated heterocycles. The minimum atomic E-state index is -0.266. The highest BCUT2D eigenvalue weighted by molar-refractivity contribution is 7.16. The highest BCUT2D eigenvalue weighted by atomic mass is 35.5. The topological polar surface area (TPSA) is 46.4 Å². The van der Waals surface area contributed by atoms with Gasteiger partial charge in [0, 0.05) is 17.1 Å². The lowest BCUT2D eigenvalue weighted by atomic mass is 10.1. The molecule has 0 atom stereocenters. The first-order chi connectivity index (χ1) is 11.1. The van der Waals surface area contributed by atoms with E-state index >= 15 is 0 Å². The van der Waals surface area contributed by atoms with Crippen molar-refractivity contribution < 1.29 is 4.79 Å². The number of carbonyl (C=O) groups is 1. The van der Waals surface area contributed by atoms with Gasteiger partial charge in [0.25, 0.3) is 0 Å². The average molecular weight is 366 g/mol. The van der Waals surface area contributed by atoms with Crippen molar-refractivity contribution in [3.8, 4) is 0 Å². The van der Waals surface area contributed by atoms with E-state index in [1.165, 1.54) is 11.3 Å². The number of carbonyl (C=O) groups excluding carboxylic acids is 1. The first kappa shape index (κ1) is 16.1. The third kappa shape index (κ3) is 3.42. The maximum absolute atomic E-state index is 12.1. The number of hydrogen-bond donors (Lipinski definition) is 1. The van der Waals surface area contributed by atoms with Crippen molar-refractivity contribution >= 4 is 50.7 Å². The first-order valence-electron chi connectivity index (χ1n) is 6.86. The Hall–Kier alpha value is -1.82. The van der Waals surface area contributed by atoms with E-state index in [1.54, 1.807) is 18.2 Å². The van der Waals surface area contributed by atoms with E-state index in [2.05, 4.69) is 10.5 Å². The van der Waals surface area contributed by atoms with E-state index in [-0.39, 0.29) is 12.3 Å². The summed E-state index contributed by atoms with van der Waals surface area (Å²) in [7, 11) is 1.91. The summed E-state index contributed by atoms with van der Waals surface area (Å²) in [5.74, 6) is -0.266. The van der Waals surface area contributed by atoms with Crippen LogP contribution in [0.5, 0.6) is 0 Å². The molecule has 0 aliphatic carbocycles. The van der Waals surface area contributed by atoms with Crippen LogP contribution in [0.25, 0.3) is 10.2 Å². The van der Waals surface area contributed by atoms with E-state index in [1.807, 2.05) is 35.9 Å². The number of benzene rings is 2. The van der Waals surface area contributed by atoms with Gasteiger partial charge in [-0.25, -0.2) is 5.43 Å². The fourth-order valence-corrected chi connectivity index (χ4v) is 3.71. The molecular weight excluding hydrogens is 353 g/mol. The van der Waals surface area contributed by atoms with Gasteiger partial charge in [0.2, 0.25) is 10.7 Å². The van der Waals surface area contributed by atoms with Crippen LogP contribution >= 0.6 is 34.5 Å². The first-order valence-corrected chi connectivity index (χ1v) is 8.43. The van der Waals surface area contributed by atoms with E-state index in [0.717, 1.165) is 10.2 Å². The van der Waals surface area contributed by atoms with Crippen LogP contribution < -0.4 is 10.2 Å². The number of aryl methyl sites for hydroxylation is 1. The summed E-state index contributed by atoms with van der Waals surface area (Å²) >= 11 is 13.7. The summed E-state index contributed by atoms with van der Waals surface area (Å²) in [5.41, 5.74) is 4.23. The molecule has 1 heterocycles. The van der Waals surface area contributed by atoms with Crippen LogP contribution in [-0.2, 0) is 18.3 Å². The van der Waals surface area contributed by atoms with Gasteiger partial charge in [0.15, 0.2) is 0 Å². The summed E-state index contributed by atoms with van der Waals surface area (Å²) in [6.07, 6.45) is 0.0800. The highest BCUT2D eigenvalue weighted by Gasteiger charge is 2.10. The predicted molar refractivity (Wildman–Crippen MR) is 94.7 cm³/mol. The van der Waals surface area contributed by atoms with Gasteiger partial charge >= 0.3 is 0 Å². The number of aromatic nitrogens is 1. The molecule has 2 aromatic carbocycles. The second kappa shape index (κ2) is 6.74. The molecule has 0 unspecified atom stereocenters. The molecule has 7 heteroatoms. The number of para-hydroxylation sites is 1. The van der Waals surface area contributed by atoms with Gasteiger partial charge in [-0.2, -0.15) is 0 Å². The third-order valence-corrected chi connectivity index (χ3v) is 5.21. The molecule has 0 aliphatic heterocycles. The van der Waals surface area contributed by atoms with Crippen LogP contribution in [0.3, 0.4) is 0 Å². The number of hydrogen-bond acceptors (Lipinski definition) is 3. The van der Waals surface area contributed by atoms with Crippen molar-refractivity contribution in [1.29, 1.82) is 0 Å². The van der Waals surface area contributed by atoms with Crippen molar-refractivity contribution in [2.24, 2.45) is 12.1 Å². The summed E-state index contributed by atoms with van der Waals surface area (Å²) in [5, 5.41) is 5.14. The second-order valence-corrected chi connectivity index (χ2v) is 6.76. The zero-order valence-corrected chi connectivity index (χ0v) is 14.5. The lowest BCUT2D eigenvalue weighted by Gasteiger charge is -2.05. The molecule has 1 N–H and O–H groups in total. The van der Waals surface area contributed by atoms with E-state index in [4.69, 9.17) is 23.2 Å².